The Morgan fingerprint density at radius 1 is 1.45 bits per heavy atom. The fourth-order valence-corrected chi connectivity index (χ4v) is 3.26. The molecule has 22 heavy (non-hydrogen) atoms. The van der Waals surface area contributed by atoms with E-state index in [1.54, 1.807) is 18.0 Å². The first kappa shape index (κ1) is 17.4. The molecule has 0 aliphatic carbocycles. The maximum atomic E-state index is 12.0. The van der Waals surface area contributed by atoms with E-state index in [2.05, 4.69) is 4.98 Å². The van der Waals surface area contributed by atoms with E-state index in [-0.39, 0.29) is 22.7 Å². The van der Waals surface area contributed by atoms with Crippen molar-refractivity contribution in [2.75, 3.05) is 13.2 Å². The Labute approximate surface area is 137 Å². The van der Waals surface area contributed by atoms with Crippen LogP contribution in [-0.4, -0.2) is 35.5 Å². The molecule has 0 spiro atoms. The molecule has 0 saturated carbocycles. The molecule has 0 amide bonds. The summed E-state index contributed by atoms with van der Waals surface area (Å²) in [4.78, 5) is 16.3. The maximum absolute atomic E-state index is 12.0. The predicted octanol–water partition coefficient (Wildman–Crippen LogP) is 3.70. The minimum Gasteiger partial charge on any atom is -0.374 e. The Morgan fingerprint density at radius 3 is 2.95 bits per heavy atom. The summed E-state index contributed by atoms with van der Waals surface area (Å²) in [6.07, 6.45) is 4.23. The van der Waals surface area contributed by atoms with E-state index in [1.807, 2.05) is 39.0 Å². The molecule has 2 atom stereocenters. The van der Waals surface area contributed by atoms with Gasteiger partial charge in [-0.15, -0.1) is 0 Å². The number of ether oxygens (including phenoxy) is 2. The van der Waals surface area contributed by atoms with Crippen molar-refractivity contribution in [3.05, 3.63) is 24.4 Å². The number of hydrogen-bond acceptors (Lipinski definition) is 5. The van der Waals surface area contributed by atoms with Crippen LogP contribution in [0.5, 0.6) is 0 Å². The van der Waals surface area contributed by atoms with Crippen LogP contribution in [0.2, 0.25) is 0 Å². The van der Waals surface area contributed by atoms with E-state index in [0.717, 1.165) is 24.5 Å². The quantitative estimate of drug-likeness (QED) is 0.799. The van der Waals surface area contributed by atoms with Crippen LogP contribution in [0.15, 0.2) is 29.4 Å². The molecule has 1 aromatic rings. The number of aromatic nitrogens is 1. The van der Waals surface area contributed by atoms with Gasteiger partial charge in [-0.05, 0) is 25.0 Å². The number of nitrogens with zero attached hydrogens (tertiary/aromatic N) is 1. The van der Waals surface area contributed by atoms with Gasteiger partial charge in [0.2, 0.25) is 0 Å². The van der Waals surface area contributed by atoms with Crippen molar-refractivity contribution in [2.45, 2.75) is 56.6 Å². The summed E-state index contributed by atoms with van der Waals surface area (Å²) in [6.45, 7) is 7.05. The molecule has 1 fully saturated rings. The third kappa shape index (κ3) is 5.38. The molecule has 122 valence electrons. The maximum Gasteiger partial charge on any atom is 0.140 e. The van der Waals surface area contributed by atoms with Crippen LogP contribution >= 0.6 is 11.8 Å². The minimum absolute atomic E-state index is 0.0218. The lowest BCUT2D eigenvalue weighted by Crippen LogP contribution is -2.35. The molecule has 5 heteroatoms. The SMILES string of the molecule is CC(C)(C)C(=O)CCO[C@@H]1CCCOC1Sc1ccccn1. The molecule has 2 rings (SSSR count). The second kappa shape index (κ2) is 8.09. The highest BCUT2D eigenvalue weighted by Crippen LogP contribution is 2.31. The van der Waals surface area contributed by atoms with E-state index in [1.165, 1.54) is 0 Å². The molecule has 1 aromatic heterocycles. The first-order valence-corrected chi connectivity index (χ1v) is 8.69. The Morgan fingerprint density at radius 2 is 2.27 bits per heavy atom. The smallest absolute Gasteiger partial charge is 0.140 e. The van der Waals surface area contributed by atoms with Crippen molar-refractivity contribution in [1.82, 2.24) is 4.98 Å². The van der Waals surface area contributed by atoms with Crippen molar-refractivity contribution in [2.24, 2.45) is 5.41 Å². The first-order valence-electron chi connectivity index (χ1n) is 7.81. The van der Waals surface area contributed by atoms with Crippen LogP contribution in [0.25, 0.3) is 0 Å². The van der Waals surface area contributed by atoms with E-state index >= 15 is 0 Å². The molecule has 0 N–H and O–H groups in total. The molecule has 0 radical (unpaired) electrons. The number of Topliss-reactive ketones (excluding diaryl/α,β-unsaturated/α-hetero) is 1. The summed E-state index contributed by atoms with van der Waals surface area (Å²) in [6, 6.07) is 5.84. The summed E-state index contributed by atoms with van der Waals surface area (Å²) in [5, 5.41) is 0.939. The summed E-state index contributed by atoms with van der Waals surface area (Å²) >= 11 is 1.59. The number of pyridine rings is 1. The van der Waals surface area contributed by atoms with Gasteiger partial charge in [0, 0.05) is 24.6 Å². The second-order valence-corrected chi connectivity index (χ2v) is 7.62. The lowest BCUT2D eigenvalue weighted by molar-refractivity contribution is -0.129. The van der Waals surface area contributed by atoms with Crippen molar-refractivity contribution in [3.8, 4) is 0 Å². The van der Waals surface area contributed by atoms with Gasteiger partial charge >= 0.3 is 0 Å². The second-order valence-electron chi connectivity index (χ2n) is 6.50. The molecule has 0 aromatic carbocycles. The third-order valence-electron chi connectivity index (χ3n) is 3.59. The minimum atomic E-state index is -0.297. The fraction of sp³-hybridized carbons (Fsp3) is 0.647. The van der Waals surface area contributed by atoms with Gasteiger partial charge in [-0.1, -0.05) is 38.6 Å². The van der Waals surface area contributed by atoms with Crippen LogP contribution in [0.1, 0.15) is 40.0 Å². The number of thioether (sulfide) groups is 1. The average Bonchev–Trinajstić information content (AvgIpc) is 2.49. The van der Waals surface area contributed by atoms with E-state index < -0.39 is 0 Å². The summed E-state index contributed by atoms with van der Waals surface area (Å²) in [5.41, 5.74) is -0.345. The average molecular weight is 323 g/mol. The van der Waals surface area contributed by atoms with Gasteiger partial charge in [-0.3, -0.25) is 4.79 Å². The van der Waals surface area contributed by atoms with Gasteiger partial charge in [0.15, 0.2) is 0 Å². The van der Waals surface area contributed by atoms with Gasteiger partial charge in [-0.25, -0.2) is 4.98 Å². The standard InChI is InChI=1S/C17H25NO3S/c1-17(2,3)14(19)9-12-20-13-7-6-11-21-16(13)22-15-8-4-5-10-18-15/h4-5,8,10,13,16H,6-7,9,11-12H2,1-3H3/t13-,16?/m1/s1. The van der Waals surface area contributed by atoms with Crippen molar-refractivity contribution in [3.63, 3.8) is 0 Å². The Kier molecular flexibility index (Phi) is 6.41. The van der Waals surface area contributed by atoms with E-state index in [9.17, 15) is 4.79 Å². The van der Waals surface area contributed by atoms with Gasteiger partial charge in [-0.2, -0.15) is 0 Å². The zero-order valence-corrected chi connectivity index (χ0v) is 14.4. The number of hydrogen-bond donors (Lipinski definition) is 0. The van der Waals surface area contributed by atoms with Crippen LogP contribution in [0.4, 0.5) is 0 Å². The van der Waals surface area contributed by atoms with Gasteiger partial charge in [0.25, 0.3) is 0 Å². The molecular weight excluding hydrogens is 298 g/mol. The zero-order chi connectivity index (χ0) is 16.0. The molecule has 1 aliphatic heterocycles. The van der Waals surface area contributed by atoms with Crippen LogP contribution in [-0.2, 0) is 14.3 Å². The van der Waals surface area contributed by atoms with Crippen LogP contribution in [0, 0.1) is 5.41 Å². The van der Waals surface area contributed by atoms with Crippen LogP contribution < -0.4 is 0 Å². The van der Waals surface area contributed by atoms with Gasteiger partial charge < -0.3 is 9.47 Å². The summed E-state index contributed by atoms with van der Waals surface area (Å²) < 4.78 is 11.8. The van der Waals surface area contributed by atoms with Gasteiger partial charge in [0.05, 0.1) is 17.7 Å². The highest BCUT2D eigenvalue weighted by atomic mass is 32.2. The van der Waals surface area contributed by atoms with E-state index in [0.29, 0.717) is 13.0 Å². The van der Waals surface area contributed by atoms with Crippen molar-refractivity contribution < 1.29 is 14.3 Å². The number of carbonyl (C=O) groups excluding carboxylic acids is 1. The molecule has 1 unspecified atom stereocenters. The molecule has 2 heterocycles. The molecule has 4 nitrogen and oxygen atoms in total. The molecule has 0 bridgehead atoms. The fourth-order valence-electron chi connectivity index (χ4n) is 2.21. The first-order chi connectivity index (χ1) is 10.5. The Hall–Kier alpha value is -0.910. The normalized spacial score (nSPS) is 22.5. The van der Waals surface area contributed by atoms with Crippen molar-refractivity contribution >= 4 is 17.5 Å². The van der Waals surface area contributed by atoms with Crippen LogP contribution in [0.3, 0.4) is 0 Å². The van der Waals surface area contributed by atoms with Crippen molar-refractivity contribution in [1.29, 1.82) is 0 Å². The number of rotatable bonds is 6. The summed E-state index contributed by atoms with van der Waals surface area (Å²) in [5.74, 6) is 0.234. The zero-order valence-electron chi connectivity index (χ0n) is 13.6. The molecule has 1 aliphatic rings. The Balaban J connectivity index is 1.83. The predicted molar refractivity (Wildman–Crippen MR) is 87.9 cm³/mol. The largest absolute Gasteiger partial charge is 0.374 e. The third-order valence-corrected chi connectivity index (χ3v) is 4.75. The summed E-state index contributed by atoms with van der Waals surface area (Å²) in [7, 11) is 0. The highest BCUT2D eigenvalue weighted by molar-refractivity contribution is 7.99. The number of carbonyl (C=O) groups is 1. The molecule has 1 saturated heterocycles. The van der Waals surface area contributed by atoms with Gasteiger partial charge in [0.1, 0.15) is 11.2 Å². The highest BCUT2D eigenvalue weighted by Gasteiger charge is 2.29. The lowest BCUT2D eigenvalue weighted by atomic mass is 9.89. The lowest BCUT2D eigenvalue weighted by Gasteiger charge is -2.31. The molecular formula is C17H25NO3S. The topological polar surface area (TPSA) is 48.4 Å². The monoisotopic (exact) mass is 323 g/mol. The number of ketones is 1. The van der Waals surface area contributed by atoms with E-state index in [4.69, 9.17) is 9.47 Å². The Bertz CT molecular complexity index is 473.